The quantitative estimate of drug-likeness (QED) is 0.863. The first-order chi connectivity index (χ1) is 7.77. The molecule has 0 radical (unpaired) electrons. The Morgan fingerprint density at radius 3 is 3.06 bits per heavy atom. The van der Waals surface area contributed by atoms with E-state index in [4.69, 9.17) is 0 Å². The summed E-state index contributed by atoms with van der Waals surface area (Å²) in [6, 6.07) is 2.31. The van der Waals surface area contributed by atoms with Crippen molar-refractivity contribution in [2.45, 2.75) is 26.4 Å². The molecule has 16 heavy (non-hydrogen) atoms. The Hall–Kier alpha value is -1.20. The van der Waals surface area contributed by atoms with Crippen LogP contribution in [0.15, 0.2) is 24.0 Å². The molecule has 0 aliphatic heterocycles. The van der Waals surface area contributed by atoms with Crippen molar-refractivity contribution in [2.24, 2.45) is 0 Å². The van der Waals surface area contributed by atoms with Crippen molar-refractivity contribution in [3.8, 4) is 0 Å². The summed E-state index contributed by atoms with van der Waals surface area (Å²) in [4.78, 5) is 5.58. The monoisotopic (exact) mass is 236 g/mol. The number of aryl methyl sites for hydroxylation is 1. The van der Waals surface area contributed by atoms with Crippen molar-refractivity contribution >= 4 is 11.3 Å². The molecule has 0 saturated heterocycles. The van der Waals surface area contributed by atoms with Crippen LogP contribution in [0.3, 0.4) is 0 Å². The zero-order valence-corrected chi connectivity index (χ0v) is 10.4. The van der Waals surface area contributed by atoms with Gasteiger partial charge in [0.15, 0.2) is 0 Å². The smallest absolute Gasteiger partial charge is 0.0798 e. The largest absolute Gasteiger partial charge is 0.308 e. The van der Waals surface area contributed by atoms with Crippen LogP contribution >= 0.6 is 11.3 Å². The molecular formula is C11H16N4S. The number of nitrogens with one attached hydrogen (secondary N) is 1. The average molecular weight is 236 g/mol. The summed E-state index contributed by atoms with van der Waals surface area (Å²) in [7, 11) is 0. The molecule has 1 unspecified atom stereocenters. The Balaban J connectivity index is 1.80. The highest BCUT2D eigenvalue weighted by molar-refractivity contribution is 7.09. The van der Waals surface area contributed by atoms with Crippen molar-refractivity contribution < 1.29 is 0 Å². The minimum Gasteiger partial charge on any atom is -0.308 e. The van der Waals surface area contributed by atoms with E-state index in [-0.39, 0.29) is 0 Å². The molecule has 86 valence electrons. The highest BCUT2D eigenvalue weighted by Crippen LogP contribution is 2.20. The van der Waals surface area contributed by atoms with Crippen LogP contribution in [0.25, 0.3) is 0 Å². The molecule has 2 aromatic heterocycles. The van der Waals surface area contributed by atoms with Gasteiger partial charge in [-0.25, -0.2) is 4.98 Å². The molecule has 0 aliphatic carbocycles. The zero-order chi connectivity index (χ0) is 11.4. The van der Waals surface area contributed by atoms with E-state index >= 15 is 0 Å². The number of nitrogens with zero attached hydrogens (tertiary/aromatic N) is 3. The maximum absolute atomic E-state index is 4.26. The van der Waals surface area contributed by atoms with Crippen LogP contribution in [0.1, 0.15) is 23.5 Å². The van der Waals surface area contributed by atoms with Gasteiger partial charge >= 0.3 is 0 Å². The van der Waals surface area contributed by atoms with E-state index in [1.165, 1.54) is 4.88 Å². The molecule has 0 saturated carbocycles. The molecule has 2 rings (SSSR count). The lowest BCUT2D eigenvalue weighted by Gasteiger charge is -2.12. The summed E-state index contributed by atoms with van der Waals surface area (Å²) in [5.41, 5.74) is 3.03. The summed E-state index contributed by atoms with van der Waals surface area (Å²) in [6.07, 6.45) is 3.78. The predicted molar refractivity (Wildman–Crippen MR) is 65.5 cm³/mol. The van der Waals surface area contributed by atoms with E-state index in [9.17, 15) is 0 Å². The Labute approximate surface area is 99.3 Å². The second-order valence-electron chi connectivity index (χ2n) is 3.75. The summed E-state index contributed by atoms with van der Waals surface area (Å²) in [6.45, 7) is 6.04. The maximum atomic E-state index is 4.26. The Morgan fingerprint density at radius 1 is 1.56 bits per heavy atom. The molecule has 1 atom stereocenters. The summed E-state index contributed by atoms with van der Waals surface area (Å²) >= 11 is 1.71. The molecule has 4 nitrogen and oxygen atoms in total. The summed E-state index contributed by atoms with van der Waals surface area (Å²) < 4.78 is 1.93. The molecule has 5 heteroatoms. The van der Waals surface area contributed by atoms with Gasteiger partial charge in [0.25, 0.3) is 0 Å². The lowest BCUT2D eigenvalue weighted by Crippen LogP contribution is -2.23. The van der Waals surface area contributed by atoms with Gasteiger partial charge in [-0.3, -0.25) is 4.68 Å². The van der Waals surface area contributed by atoms with Crippen LogP contribution in [-0.2, 0) is 6.54 Å². The topological polar surface area (TPSA) is 42.7 Å². The molecular weight excluding hydrogens is 220 g/mol. The third-order valence-electron chi connectivity index (χ3n) is 2.53. The van der Waals surface area contributed by atoms with Gasteiger partial charge in [0.05, 0.1) is 17.7 Å². The zero-order valence-electron chi connectivity index (χ0n) is 9.55. The van der Waals surface area contributed by atoms with Crippen molar-refractivity contribution in [1.82, 2.24) is 20.1 Å². The van der Waals surface area contributed by atoms with Gasteiger partial charge in [0, 0.05) is 29.9 Å². The Morgan fingerprint density at radius 2 is 2.44 bits per heavy atom. The fraction of sp³-hybridized carbons (Fsp3) is 0.455. The highest BCUT2D eigenvalue weighted by Gasteiger charge is 2.09. The standard InChI is InChI=1S/C11H16N4S/c1-9(11-10(2)13-8-16-11)12-5-7-15-6-3-4-14-15/h3-4,6,8-9,12H,5,7H2,1-2H3. The van der Waals surface area contributed by atoms with Crippen LogP contribution < -0.4 is 5.32 Å². The fourth-order valence-electron chi connectivity index (χ4n) is 1.65. The van der Waals surface area contributed by atoms with Crippen molar-refractivity contribution in [3.05, 3.63) is 34.5 Å². The molecule has 0 aromatic carbocycles. The molecule has 2 aromatic rings. The van der Waals surface area contributed by atoms with Gasteiger partial charge in [-0.1, -0.05) is 0 Å². The van der Waals surface area contributed by atoms with E-state index in [1.54, 1.807) is 17.5 Å². The number of hydrogen-bond acceptors (Lipinski definition) is 4. The van der Waals surface area contributed by atoms with Gasteiger partial charge in [-0.15, -0.1) is 11.3 Å². The van der Waals surface area contributed by atoms with Crippen LogP contribution in [0.2, 0.25) is 0 Å². The van der Waals surface area contributed by atoms with E-state index in [0.29, 0.717) is 6.04 Å². The van der Waals surface area contributed by atoms with Gasteiger partial charge in [-0.05, 0) is 19.9 Å². The summed E-state index contributed by atoms with van der Waals surface area (Å²) in [5, 5.41) is 7.63. The van der Waals surface area contributed by atoms with E-state index in [1.807, 2.05) is 22.5 Å². The van der Waals surface area contributed by atoms with Crippen LogP contribution in [0.4, 0.5) is 0 Å². The van der Waals surface area contributed by atoms with Crippen LogP contribution in [0, 0.1) is 6.92 Å². The Kier molecular flexibility index (Phi) is 3.69. The predicted octanol–water partition coefficient (Wildman–Crippen LogP) is 2.00. The minimum absolute atomic E-state index is 0.364. The van der Waals surface area contributed by atoms with E-state index in [2.05, 4.69) is 29.2 Å². The molecule has 0 bridgehead atoms. The van der Waals surface area contributed by atoms with Gasteiger partial charge < -0.3 is 5.32 Å². The van der Waals surface area contributed by atoms with Crippen molar-refractivity contribution in [3.63, 3.8) is 0 Å². The minimum atomic E-state index is 0.364. The Bertz CT molecular complexity index is 421. The third-order valence-corrected chi connectivity index (χ3v) is 3.64. The van der Waals surface area contributed by atoms with Crippen LogP contribution in [-0.4, -0.2) is 21.3 Å². The second-order valence-corrected chi connectivity index (χ2v) is 4.63. The first-order valence-corrected chi connectivity index (χ1v) is 6.26. The first-order valence-electron chi connectivity index (χ1n) is 5.38. The lowest BCUT2D eigenvalue weighted by atomic mass is 10.2. The summed E-state index contributed by atoms with van der Waals surface area (Å²) in [5.74, 6) is 0. The fourth-order valence-corrected chi connectivity index (χ4v) is 2.48. The van der Waals surface area contributed by atoms with E-state index < -0.39 is 0 Å². The second kappa shape index (κ2) is 5.23. The molecule has 0 amide bonds. The first kappa shape index (κ1) is 11.3. The third kappa shape index (κ3) is 2.68. The number of aromatic nitrogens is 3. The van der Waals surface area contributed by atoms with Crippen LogP contribution in [0.5, 0.6) is 0 Å². The normalized spacial score (nSPS) is 12.9. The molecule has 0 aliphatic rings. The molecule has 1 N–H and O–H groups in total. The van der Waals surface area contributed by atoms with Gasteiger partial charge in [0.1, 0.15) is 0 Å². The van der Waals surface area contributed by atoms with E-state index in [0.717, 1.165) is 18.8 Å². The SMILES string of the molecule is Cc1ncsc1C(C)NCCn1cccn1. The molecule has 0 spiro atoms. The number of thiazole rings is 1. The number of rotatable bonds is 5. The molecule has 0 fully saturated rings. The average Bonchev–Trinajstić information content (AvgIpc) is 2.88. The van der Waals surface area contributed by atoms with Crippen molar-refractivity contribution in [1.29, 1.82) is 0 Å². The lowest BCUT2D eigenvalue weighted by molar-refractivity contribution is 0.510. The molecule has 2 heterocycles. The highest BCUT2D eigenvalue weighted by atomic mass is 32.1. The number of hydrogen-bond donors (Lipinski definition) is 1. The van der Waals surface area contributed by atoms with Crippen molar-refractivity contribution in [2.75, 3.05) is 6.54 Å². The van der Waals surface area contributed by atoms with Gasteiger partial charge in [0.2, 0.25) is 0 Å². The van der Waals surface area contributed by atoms with Gasteiger partial charge in [-0.2, -0.15) is 5.10 Å². The maximum Gasteiger partial charge on any atom is 0.0798 e.